The van der Waals surface area contributed by atoms with E-state index in [4.69, 9.17) is 10.5 Å². The van der Waals surface area contributed by atoms with Crippen LogP contribution in [-0.2, 0) is 4.74 Å². The lowest BCUT2D eigenvalue weighted by Gasteiger charge is -2.13. The van der Waals surface area contributed by atoms with E-state index in [2.05, 4.69) is 15.3 Å². The van der Waals surface area contributed by atoms with Crippen LogP contribution in [0.25, 0.3) is 10.9 Å². The van der Waals surface area contributed by atoms with E-state index in [-0.39, 0.29) is 6.04 Å². The van der Waals surface area contributed by atoms with Gasteiger partial charge in [-0.25, -0.2) is 9.97 Å². The third kappa shape index (κ3) is 4.39. The van der Waals surface area contributed by atoms with Gasteiger partial charge < -0.3 is 15.8 Å². The molecule has 5 heteroatoms. The van der Waals surface area contributed by atoms with Crippen LogP contribution in [0.4, 0.5) is 5.82 Å². The number of nitrogens with one attached hydrogen (secondary N) is 1. The summed E-state index contributed by atoms with van der Waals surface area (Å²) in [4.78, 5) is 9.21. The first-order chi connectivity index (χ1) is 10.8. The number of hydrogen-bond acceptors (Lipinski definition) is 5. The molecule has 1 heterocycles. The van der Waals surface area contributed by atoms with E-state index < -0.39 is 0 Å². The number of fused-ring (bicyclic) bond motifs is 1. The van der Waals surface area contributed by atoms with E-state index in [9.17, 15) is 0 Å². The average molecular weight is 302 g/mol. The van der Waals surface area contributed by atoms with Gasteiger partial charge in [0, 0.05) is 25.1 Å². The van der Waals surface area contributed by atoms with Crippen molar-refractivity contribution >= 4 is 16.7 Å². The molecular weight excluding hydrogens is 276 g/mol. The first-order valence-corrected chi connectivity index (χ1v) is 8.10. The highest BCUT2D eigenvalue weighted by Crippen LogP contribution is 2.22. The average Bonchev–Trinajstić information content (AvgIpc) is 2.56. The van der Waals surface area contributed by atoms with E-state index in [0.717, 1.165) is 55.7 Å². The molecule has 22 heavy (non-hydrogen) atoms. The van der Waals surface area contributed by atoms with E-state index >= 15 is 0 Å². The van der Waals surface area contributed by atoms with Crippen LogP contribution in [-0.4, -0.2) is 29.7 Å². The van der Waals surface area contributed by atoms with E-state index in [1.54, 1.807) is 0 Å². The monoisotopic (exact) mass is 302 g/mol. The van der Waals surface area contributed by atoms with Crippen LogP contribution in [0.5, 0.6) is 0 Å². The van der Waals surface area contributed by atoms with Gasteiger partial charge in [-0.3, -0.25) is 0 Å². The molecular formula is C17H26N4O. The number of aromatic nitrogens is 2. The molecule has 0 aliphatic carbocycles. The Morgan fingerprint density at radius 1 is 1.18 bits per heavy atom. The van der Waals surface area contributed by atoms with Crippen molar-refractivity contribution < 1.29 is 4.74 Å². The summed E-state index contributed by atoms with van der Waals surface area (Å²) in [6, 6.07) is 7.92. The Morgan fingerprint density at radius 3 is 2.77 bits per heavy atom. The van der Waals surface area contributed by atoms with Crippen molar-refractivity contribution in [2.45, 2.75) is 39.2 Å². The minimum absolute atomic E-state index is 0.122. The van der Waals surface area contributed by atoms with Gasteiger partial charge >= 0.3 is 0 Å². The standard InChI is InChI=1S/C17H26N4O/c1-3-14(18)17-20-15-10-6-5-9-13(15)16(21-17)19-11-7-8-12-22-4-2/h5-6,9-10,14H,3-4,7-8,11-12,18H2,1-2H3,(H,19,20,21)/t14-/m0/s1. The molecule has 0 bridgehead atoms. The molecule has 120 valence electrons. The van der Waals surface area contributed by atoms with E-state index in [1.165, 1.54) is 0 Å². The summed E-state index contributed by atoms with van der Waals surface area (Å²) in [5.41, 5.74) is 7.03. The summed E-state index contributed by atoms with van der Waals surface area (Å²) < 4.78 is 5.35. The highest BCUT2D eigenvalue weighted by atomic mass is 16.5. The highest BCUT2D eigenvalue weighted by molar-refractivity contribution is 5.89. The molecule has 1 aromatic carbocycles. The molecule has 0 fully saturated rings. The number of hydrogen-bond donors (Lipinski definition) is 2. The fourth-order valence-corrected chi connectivity index (χ4v) is 2.26. The Hall–Kier alpha value is -1.72. The predicted molar refractivity (Wildman–Crippen MR) is 91.0 cm³/mol. The molecule has 2 aromatic rings. The molecule has 0 amide bonds. The molecule has 0 aliphatic heterocycles. The summed E-state index contributed by atoms with van der Waals surface area (Å²) >= 11 is 0. The Bertz CT molecular complexity index is 588. The highest BCUT2D eigenvalue weighted by Gasteiger charge is 2.11. The topological polar surface area (TPSA) is 73.1 Å². The normalized spacial score (nSPS) is 12.5. The smallest absolute Gasteiger partial charge is 0.148 e. The number of rotatable bonds is 9. The number of benzene rings is 1. The fraction of sp³-hybridized carbons (Fsp3) is 0.529. The maximum atomic E-state index is 6.09. The zero-order valence-corrected chi connectivity index (χ0v) is 13.5. The maximum absolute atomic E-state index is 6.09. The Labute approximate surface area is 132 Å². The molecule has 0 saturated carbocycles. The van der Waals surface area contributed by atoms with Crippen LogP contribution in [0.1, 0.15) is 45.0 Å². The summed E-state index contributed by atoms with van der Waals surface area (Å²) in [6.07, 6.45) is 2.92. The summed E-state index contributed by atoms with van der Waals surface area (Å²) in [5.74, 6) is 1.58. The number of nitrogens with zero attached hydrogens (tertiary/aromatic N) is 2. The predicted octanol–water partition coefficient (Wildman–Crippen LogP) is 3.27. The number of nitrogens with two attached hydrogens (primary N) is 1. The molecule has 0 aliphatic rings. The molecule has 5 nitrogen and oxygen atoms in total. The minimum atomic E-state index is -0.122. The molecule has 0 saturated heterocycles. The number of unbranched alkanes of at least 4 members (excludes halogenated alkanes) is 1. The van der Waals surface area contributed by atoms with Crippen LogP contribution in [0.15, 0.2) is 24.3 Å². The molecule has 1 aromatic heterocycles. The van der Waals surface area contributed by atoms with Crippen molar-refractivity contribution in [3.05, 3.63) is 30.1 Å². The van der Waals surface area contributed by atoms with Crippen LogP contribution < -0.4 is 11.1 Å². The van der Waals surface area contributed by atoms with Gasteiger partial charge in [-0.2, -0.15) is 0 Å². The van der Waals surface area contributed by atoms with Crippen molar-refractivity contribution in [2.24, 2.45) is 5.73 Å². The third-order valence-electron chi connectivity index (χ3n) is 3.60. The van der Waals surface area contributed by atoms with Crippen molar-refractivity contribution in [1.29, 1.82) is 0 Å². The van der Waals surface area contributed by atoms with Gasteiger partial charge in [0.1, 0.15) is 11.6 Å². The van der Waals surface area contributed by atoms with Crippen molar-refractivity contribution in [1.82, 2.24) is 9.97 Å². The Kier molecular flexibility index (Phi) is 6.55. The number of para-hydroxylation sites is 1. The second kappa shape index (κ2) is 8.66. The number of ether oxygens (including phenoxy) is 1. The number of anilines is 1. The molecule has 2 rings (SSSR count). The third-order valence-corrected chi connectivity index (χ3v) is 3.60. The van der Waals surface area contributed by atoms with Gasteiger partial charge in [0.05, 0.1) is 11.6 Å². The van der Waals surface area contributed by atoms with Gasteiger partial charge in [0.25, 0.3) is 0 Å². The zero-order chi connectivity index (χ0) is 15.8. The van der Waals surface area contributed by atoms with Gasteiger partial charge in [-0.15, -0.1) is 0 Å². The Morgan fingerprint density at radius 2 is 2.00 bits per heavy atom. The van der Waals surface area contributed by atoms with Crippen molar-refractivity contribution in [3.8, 4) is 0 Å². The lowest BCUT2D eigenvalue weighted by molar-refractivity contribution is 0.144. The first-order valence-electron chi connectivity index (χ1n) is 8.10. The lowest BCUT2D eigenvalue weighted by Crippen LogP contribution is -2.15. The fourth-order valence-electron chi connectivity index (χ4n) is 2.26. The zero-order valence-electron chi connectivity index (χ0n) is 13.5. The molecule has 1 atom stereocenters. The lowest BCUT2D eigenvalue weighted by atomic mass is 10.2. The first kappa shape index (κ1) is 16.6. The quantitative estimate of drug-likeness (QED) is 0.695. The van der Waals surface area contributed by atoms with Gasteiger partial charge in [0.15, 0.2) is 0 Å². The molecule has 3 N–H and O–H groups in total. The van der Waals surface area contributed by atoms with E-state index in [1.807, 2.05) is 38.1 Å². The van der Waals surface area contributed by atoms with Gasteiger partial charge in [-0.1, -0.05) is 19.1 Å². The molecule has 0 unspecified atom stereocenters. The van der Waals surface area contributed by atoms with Crippen LogP contribution in [0.3, 0.4) is 0 Å². The van der Waals surface area contributed by atoms with Gasteiger partial charge in [0.2, 0.25) is 0 Å². The van der Waals surface area contributed by atoms with Gasteiger partial charge in [-0.05, 0) is 38.3 Å². The maximum Gasteiger partial charge on any atom is 0.148 e. The van der Waals surface area contributed by atoms with Crippen LogP contribution >= 0.6 is 0 Å². The largest absolute Gasteiger partial charge is 0.382 e. The van der Waals surface area contributed by atoms with Crippen LogP contribution in [0, 0.1) is 0 Å². The Balaban J connectivity index is 2.09. The van der Waals surface area contributed by atoms with Crippen molar-refractivity contribution in [3.63, 3.8) is 0 Å². The molecule has 0 spiro atoms. The van der Waals surface area contributed by atoms with E-state index in [0.29, 0.717) is 5.82 Å². The SMILES string of the molecule is CCOCCCCNc1nc([C@@H](N)CC)nc2ccccc12. The van der Waals surface area contributed by atoms with Crippen molar-refractivity contribution in [2.75, 3.05) is 25.1 Å². The molecule has 0 radical (unpaired) electrons. The summed E-state index contributed by atoms with van der Waals surface area (Å²) in [6.45, 7) is 6.53. The second-order valence-corrected chi connectivity index (χ2v) is 5.29. The second-order valence-electron chi connectivity index (χ2n) is 5.29. The summed E-state index contributed by atoms with van der Waals surface area (Å²) in [7, 11) is 0. The minimum Gasteiger partial charge on any atom is -0.382 e. The summed E-state index contributed by atoms with van der Waals surface area (Å²) in [5, 5.41) is 4.46. The van der Waals surface area contributed by atoms with Crippen LogP contribution in [0.2, 0.25) is 0 Å².